The van der Waals surface area contributed by atoms with Gasteiger partial charge in [0.25, 0.3) is 0 Å². The van der Waals surface area contributed by atoms with Crippen LogP contribution in [0.4, 0.5) is 0 Å². The zero-order valence-corrected chi connectivity index (χ0v) is 8.42. The molecule has 0 aromatic carbocycles. The van der Waals surface area contributed by atoms with Crippen LogP contribution in [-0.4, -0.2) is 29.9 Å². The highest BCUT2D eigenvalue weighted by molar-refractivity contribution is 5.81. The van der Waals surface area contributed by atoms with Crippen molar-refractivity contribution in [3.8, 4) is 0 Å². The fourth-order valence-corrected chi connectivity index (χ4v) is 1.51. The van der Waals surface area contributed by atoms with E-state index in [-0.39, 0.29) is 11.9 Å². The minimum absolute atomic E-state index is 0.0925. The number of nitrogens with zero attached hydrogens (tertiary/aromatic N) is 1. The average Bonchev–Trinajstić information content (AvgIpc) is 2.15. The van der Waals surface area contributed by atoms with E-state index in [2.05, 4.69) is 13.0 Å². The van der Waals surface area contributed by atoms with Crippen molar-refractivity contribution >= 4 is 5.91 Å². The van der Waals surface area contributed by atoms with Crippen LogP contribution in [0.5, 0.6) is 0 Å². The SMILES string of the molecule is CC[C@@H](N)C(=O)N1CCC=C(C)C1. The summed E-state index contributed by atoms with van der Waals surface area (Å²) in [6.07, 6.45) is 3.87. The summed E-state index contributed by atoms with van der Waals surface area (Å²) < 4.78 is 0. The van der Waals surface area contributed by atoms with E-state index in [1.165, 1.54) is 5.57 Å². The summed E-state index contributed by atoms with van der Waals surface area (Å²) >= 11 is 0. The van der Waals surface area contributed by atoms with Crippen LogP contribution in [0.3, 0.4) is 0 Å². The number of carbonyl (C=O) groups is 1. The summed E-state index contributed by atoms with van der Waals surface area (Å²) in [5.74, 6) is 0.0925. The van der Waals surface area contributed by atoms with E-state index >= 15 is 0 Å². The molecular formula is C10H18N2O. The first-order valence-electron chi connectivity index (χ1n) is 4.85. The molecule has 0 unspecified atom stereocenters. The summed E-state index contributed by atoms with van der Waals surface area (Å²) in [6.45, 7) is 5.57. The zero-order chi connectivity index (χ0) is 9.84. The molecule has 3 heteroatoms. The van der Waals surface area contributed by atoms with Gasteiger partial charge in [-0.2, -0.15) is 0 Å². The van der Waals surface area contributed by atoms with Crippen molar-refractivity contribution in [1.29, 1.82) is 0 Å². The molecule has 1 atom stereocenters. The smallest absolute Gasteiger partial charge is 0.239 e. The van der Waals surface area contributed by atoms with Crippen LogP contribution in [0.1, 0.15) is 26.7 Å². The number of hydrogen-bond acceptors (Lipinski definition) is 2. The molecule has 1 heterocycles. The van der Waals surface area contributed by atoms with Crippen molar-refractivity contribution in [2.24, 2.45) is 5.73 Å². The highest BCUT2D eigenvalue weighted by Crippen LogP contribution is 2.10. The lowest BCUT2D eigenvalue weighted by Gasteiger charge is -2.28. The quantitative estimate of drug-likeness (QED) is 0.645. The maximum Gasteiger partial charge on any atom is 0.239 e. The predicted octanol–water partition coefficient (Wildman–Crippen LogP) is 0.902. The van der Waals surface area contributed by atoms with E-state index in [1.54, 1.807) is 0 Å². The third-order valence-corrected chi connectivity index (χ3v) is 2.40. The van der Waals surface area contributed by atoms with Crippen molar-refractivity contribution in [2.45, 2.75) is 32.7 Å². The molecular weight excluding hydrogens is 164 g/mol. The predicted molar refractivity (Wildman–Crippen MR) is 53.2 cm³/mol. The van der Waals surface area contributed by atoms with Crippen molar-refractivity contribution in [3.63, 3.8) is 0 Å². The van der Waals surface area contributed by atoms with Crippen LogP contribution in [0, 0.1) is 0 Å². The van der Waals surface area contributed by atoms with Crippen LogP contribution in [0.15, 0.2) is 11.6 Å². The molecule has 1 aliphatic rings. The largest absolute Gasteiger partial charge is 0.337 e. The normalized spacial score (nSPS) is 19.6. The third-order valence-electron chi connectivity index (χ3n) is 2.40. The highest BCUT2D eigenvalue weighted by Gasteiger charge is 2.20. The lowest BCUT2D eigenvalue weighted by atomic mass is 10.1. The van der Waals surface area contributed by atoms with Crippen molar-refractivity contribution in [3.05, 3.63) is 11.6 Å². The second-order valence-corrected chi connectivity index (χ2v) is 3.61. The second kappa shape index (κ2) is 4.42. The van der Waals surface area contributed by atoms with E-state index in [9.17, 15) is 4.79 Å². The van der Waals surface area contributed by atoms with Gasteiger partial charge in [-0.05, 0) is 19.8 Å². The monoisotopic (exact) mass is 182 g/mol. The molecule has 0 radical (unpaired) electrons. The molecule has 2 N–H and O–H groups in total. The zero-order valence-electron chi connectivity index (χ0n) is 8.42. The van der Waals surface area contributed by atoms with Crippen LogP contribution in [0.2, 0.25) is 0 Å². The Bertz CT molecular complexity index is 223. The minimum Gasteiger partial charge on any atom is -0.337 e. The molecule has 3 nitrogen and oxygen atoms in total. The van der Waals surface area contributed by atoms with Crippen molar-refractivity contribution < 1.29 is 4.79 Å². The number of rotatable bonds is 2. The molecule has 13 heavy (non-hydrogen) atoms. The first kappa shape index (κ1) is 10.3. The molecule has 0 saturated carbocycles. The Labute approximate surface area is 79.6 Å². The van der Waals surface area contributed by atoms with E-state index in [4.69, 9.17) is 5.73 Å². The lowest BCUT2D eigenvalue weighted by Crippen LogP contribution is -2.45. The Hall–Kier alpha value is -0.830. The Morgan fingerprint density at radius 2 is 2.46 bits per heavy atom. The van der Waals surface area contributed by atoms with E-state index in [0.29, 0.717) is 0 Å². The number of amides is 1. The van der Waals surface area contributed by atoms with Gasteiger partial charge in [0, 0.05) is 13.1 Å². The molecule has 0 aliphatic carbocycles. The standard InChI is InChI=1S/C10H18N2O/c1-3-9(11)10(13)12-6-4-5-8(2)7-12/h5,9H,3-4,6-7,11H2,1-2H3/t9-/m1/s1. The second-order valence-electron chi connectivity index (χ2n) is 3.61. The summed E-state index contributed by atoms with van der Waals surface area (Å²) in [5, 5.41) is 0. The van der Waals surface area contributed by atoms with E-state index in [0.717, 1.165) is 25.9 Å². The molecule has 0 saturated heterocycles. The minimum atomic E-state index is -0.314. The van der Waals surface area contributed by atoms with Crippen LogP contribution < -0.4 is 5.73 Å². The Kier molecular flexibility index (Phi) is 3.48. The first-order chi connectivity index (χ1) is 6.15. The Balaban J connectivity index is 2.53. The molecule has 1 aliphatic heterocycles. The van der Waals surface area contributed by atoms with Gasteiger partial charge in [0.05, 0.1) is 6.04 Å². The number of nitrogens with two attached hydrogens (primary N) is 1. The van der Waals surface area contributed by atoms with E-state index in [1.807, 2.05) is 11.8 Å². The summed E-state index contributed by atoms with van der Waals surface area (Å²) in [5.41, 5.74) is 6.95. The summed E-state index contributed by atoms with van der Waals surface area (Å²) in [7, 11) is 0. The molecule has 0 bridgehead atoms. The van der Waals surface area contributed by atoms with E-state index < -0.39 is 0 Å². The van der Waals surface area contributed by atoms with Crippen molar-refractivity contribution in [2.75, 3.05) is 13.1 Å². The average molecular weight is 182 g/mol. The number of carbonyl (C=O) groups excluding carboxylic acids is 1. The molecule has 1 rings (SSSR count). The molecule has 74 valence electrons. The maximum atomic E-state index is 11.6. The van der Waals surface area contributed by atoms with Gasteiger partial charge in [0.15, 0.2) is 0 Å². The fourth-order valence-electron chi connectivity index (χ4n) is 1.51. The van der Waals surface area contributed by atoms with Gasteiger partial charge in [-0.25, -0.2) is 0 Å². The van der Waals surface area contributed by atoms with Gasteiger partial charge in [0.1, 0.15) is 0 Å². The van der Waals surface area contributed by atoms with Crippen molar-refractivity contribution in [1.82, 2.24) is 4.90 Å². The summed E-state index contributed by atoms with van der Waals surface area (Å²) in [6, 6.07) is -0.314. The Morgan fingerprint density at radius 3 is 3.00 bits per heavy atom. The van der Waals surface area contributed by atoms with Gasteiger partial charge in [0.2, 0.25) is 5.91 Å². The maximum absolute atomic E-state index is 11.6. The van der Waals surface area contributed by atoms with Crippen LogP contribution in [0.25, 0.3) is 0 Å². The first-order valence-corrected chi connectivity index (χ1v) is 4.85. The number of hydrogen-bond donors (Lipinski definition) is 1. The van der Waals surface area contributed by atoms with Gasteiger partial charge in [-0.15, -0.1) is 0 Å². The lowest BCUT2D eigenvalue weighted by molar-refractivity contribution is -0.132. The summed E-state index contributed by atoms with van der Waals surface area (Å²) in [4.78, 5) is 13.5. The molecule has 1 amide bonds. The third kappa shape index (κ3) is 2.56. The van der Waals surface area contributed by atoms with Gasteiger partial charge >= 0.3 is 0 Å². The molecule has 0 spiro atoms. The Morgan fingerprint density at radius 1 is 1.77 bits per heavy atom. The highest BCUT2D eigenvalue weighted by atomic mass is 16.2. The van der Waals surface area contributed by atoms with Gasteiger partial charge in [-0.3, -0.25) is 4.79 Å². The fraction of sp³-hybridized carbons (Fsp3) is 0.700. The topological polar surface area (TPSA) is 46.3 Å². The molecule has 0 aromatic rings. The van der Waals surface area contributed by atoms with Gasteiger partial charge < -0.3 is 10.6 Å². The van der Waals surface area contributed by atoms with Crippen LogP contribution in [-0.2, 0) is 4.79 Å². The molecule has 0 fully saturated rings. The van der Waals surface area contributed by atoms with Gasteiger partial charge in [-0.1, -0.05) is 18.6 Å². The molecule has 0 aromatic heterocycles. The van der Waals surface area contributed by atoms with Crippen LogP contribution >= 0.6 is 0 Å².